The highest BCUT2D eigenvalue weighted by molar-refractivity contribution is 5.90. The van der Waals surface area contributed by atoms with Gasteiger partial charge in [0.2, 0.25) is 11.8 Å². The van der Waals surface area contributed by atoms with E-state index in [9.17, 15) is 24.3 Å². The zero-order valence-electron chi connectivity index (χ0n) is 32.9. The summed E-state index contributed by atoms with van der Waals surface area (Å²) in [6, 6.07) is -2.13. The summed E-state index contributed by atoms with van der Waals surface area (Å²) in [5.74, 6) is -0.889. The molecule has 0 aliphatic carbocycles. The third-order valence-electron chi connectivity index (χ3n) is 9.55. The van der Waals surface area contributed by atoms with Gasteiger partial charge in [-0.3, -0.25) is 14.4 Å². The molecule has 1 rings (SSSR count). The SMILES string of the molecule is CC(C)CCCCCCCCCCCC(=O)OC(CCCCCCCCCCCC(C)C)CC(=O)N[C@@H](C)C(=O)N[C@@H](Cc1cnc[nH]1)C(=O)O. The zero-order chi connectivity index (χ0) is 37.7. The number of hydrogen-bond donors (Lipinski definition) is 4. The van der Waals surface area contributed by atoms with E-state index in [4.69, 9.17) is 4.74 Å². The van der Waals surface area contributed by atoms with Crippen LogP contribution in [0.4, 0.5) is 0 Å². The van der Waals surface area contributed by atoms with Gasteiger partial charge < -0.3 is 25.5 Å². The fourth-order valence-electron chi connectivity index (χ4n) is 6.35. The number of aromatic amines is 1. The van der Waals surface area contributed by atoms with Gasteiger partial charge in [-0.15, -0.1) is 0 Å². The summed E-state index contributed by atoms with van der Waals surface area (Å²) in [5, 5.41) is 14.7. The highest BCUT2D eigenvalue weighted by Gasteiger charge is 2.26. The molecule has 3 atom stereocenters. The first kappa shape index (κ1) is 46.1. The van der Waals surface area contributed by atoms with Crippen LogP contribution in [-0.2, 0) is 30.3 Å². The number of carboxylic acids is 1. The van der Waals surface area contributed by atoms with Crippen LogP contribution in [0.25, 0.3) is 0 Å². The second-order valence-electron chi connectivity index (χ2n) is 15.6. The molecule has 0 saturated heterocycles. The fraction of sp³-hybridized carbons (Fsp3) is 0.829. The van der Waals surface area contributed by atoms with Crippen molar-refractivity contribution in [3.8, 4) is 0 Å². The number of ether oxygens (including phenoxy) is 1. The van der Waals surface area contributed by atoms with Gasteiger partial charge in [0.05, 0.1) is 12.7 Å². The summed E-state index contributed by atoms with van der Waals surface area (Å²) in [7, 11) is 0. The number of rotatable bonds is 33. The largest absolute Gasteiger partial charge is 0.480 e. The third kappa shape index (κ3) is 26.5. The number of carbonyl (C=O) groups is 4. The highest BCUT2D eigenvalue weighted by Crippen LogP contribution is 2.18. The first-order valence-corrected chi connectivity index (χ1v) is 20.5. The Kier molecular flexibility index (Phi) is 26.8. The standard InChI is InChI=1S/C41H74N4O6/c1-32(2)24-20-16-12-8-6-10-14-18-22-26-36(51-39(47)27-23-19-15-11-7-9-13-17-21-25-33(3)4)29-38(46)44-34(5)40(48)45-37(41(49)50)28-35-30-42-31-43-35/h30-34,36-37H,6-29H2,1-5H3,(H,42,43)(H,44,46)(H,45,48)(H,49,50)/t34-,36?,37-/m0/s1. The summed E-state index contributed by atoms with van der Waals surface area (Å²) < 4.78 is 5.83. The topological polar surface area (TPSA) is 150 Å². The van der Waals surface area contributed by atoms with Crippen LogP contribution in [0, 0.1) is 11.8 Å². The first-order valence-electron chi connectivity index (χ1n) is 20.5. The highest BCUT2D eigenvalue weighted by atomic mass is 16.5. The van der Waals surface area contributed by atoms with Crippen molar-refractivity contribution in [3.05, 3.63) is 18.2 Å². The molecule has 0 aliphatic rings. The van der Waals surface area contributed by atoms with Crippen molar-refractivity contribution in [2.45, 2.75) is 207 Å². The van der Waals surface area contributed by atoms with Crippen LogP contribution in [0.15, 0.2) is 12.5 Å². The van der Waals surface area contributed by atoms with Crippen LogP contribution >= 0.6 is 0 Å². The van der Waals surface area contributed by atoms with Crippen LogP contribution in [0.2, 0.25) is 0 Å². The number of unbranched alkanes of at least 4 members (excludes halogenated alkanes) is 16. The number of nitrogens with one attached hydrogen (secondary N) is 3. The predicted molar refractivity (Wildman–Crippen MR) is 205 cm³/mol. The Morgan fingerprint density at radius 2 is 1.16 bits per heavy atom. The summed E-state index contributed by atoms with van der Waals surface area (Å²) in [5.41, 5.74) is 0.573. The second kappa shape index (κ2) is 29.6. The van der Waals surface area contributed by atoms with Gasteiger partial charge in [-0.2, -0.15) is 0 Å². The average Bonchev–Trinajstić information content (AvgIpc) is 3.58. The minimum atomic E-state index is -1.18. The molecule has 0 fully saturated rings. The van der Waals surface area contributed by atoms with Crippen LogP contribution in [0.1, 0.15) is 188 Å². The molecule has 0 bridgehead atoms. The Bertz CT molecular complexity index is 1040. The number of nitrogens with zero attached hydrogens (tertiary/aromatic N) is 1. The fourth-order valence-corrected chi connectivity index (χ4v) is 6.35. The van der Waals surface area contributed by atoms with E-state index in [2.05, 4.69) is 48.3 Å². The van der Waals surface area contributed by atoms with Crippen LogP contribution < -0.4 is 10.6 Å². The molecule has 0 saturated carbocycles. The van der Waals surface area contributed by atoms with Crippen molar-refractivity contribution in [1.29, 1.82) is 0 Å². The number of amides is 2. The van der Waals surface area contributed by atoms with Gasteiger partial charge in [0.15, 0.2) is 0 Å². The molecule has 1 aromatic heterocycles. The number of aliphatic carboxylic acids is 1. The van der Waals surface area contributed by atoms with Crippen molar-refractivity contribution in [2.75, 3.05) is 0 Å². The van der Waals surface area contributed by atoms with Crippen molar-refractivity contribution in [2.24, 2.45) is 11.8 Å². The maximum absolute atomic E-state index is 13.0. The Labute approximate surface area is 309 Å². The molecule has 1 heterocycles. The smallest absolute Gasteiger partial charge is 0.326 e. The number of esters is 1. The Hall–Kier alpha value is -2.91. The lowest BCUT2D eigenvalue weighted by Crippen LogP contribution is -2.51. The normalized spacial score (nSPS) is 13.2. The molecule has 0 spiro atoms. The van der Waals surface area contributed by atoms with Crippen molar-refractivity contribution < 1.29 is 29.0 Å². The zero-order valence-corrected chi connectivity index (χ0v) is 32.9. The van der Waals surface area contributed by atoms with Gasteiger partial charge in [-0.05, 0) is 38.0 Å². The van der Waals surface area contributed by atoms with Crippen LogP contribution in [0.5, 0.6) is 0 Å². The Balaban J connectivity index is 2.48. The molecule has 294 valence electrons. The van der Waals surface area contributed by atoms with E-state index in [0.717, 1.165) is 50.4 Å². The van der Waals surface area contributed by atoms with Gasteiger partial charge in [-0.25, -0.2) is 9.78 Å². The summed E-state index contributed by atoms with van der Waals surface area (Å²) in [4.78, 5) is 57.0. The van der Waals surface area contributed by atoms with E-state index < -0.39 is 36.0 Å². The first-order chi connectivity index (χ1) is 24.5. The summed E-state index contributed by atoms with van der Waals surface area (Å²) in [6.45, 7) is 10.6. The number of carboxylic acid groups (broad SMARTS) is 1. The molecule has 0 aromatic carbocycles. The average molecular weight is 719 g/mol. The number of carbonyl (C=O) groups excluding carboxylic acids is 3. The number of hydrogen-bond acceptors (Lipinski definition) is 6. The molecule has 0 radical (unpaired) electrons. The molecular weight excluding hydrogens is 644 g/mol. The molecule has 2 amide bonds. The minimum Gasteiger partial charge on any atom is -0.480 e. The monoisotopic (exact) mass is 719 g/mol. The lowest BCUT2D eigenvalue weighted by atomic mass is 10.0. The summed E-state index contributed by atoms with van der Waals surface area (Å²) in [6.07, 6.45) is 27.2. The quantitative estimate of drug-likeness (QED) is 0.0418. The number of imidazole rings is 1. The Morgan fingerprint density at radius 1 is 0.686 bits per heavy atom. The molecule has 4 N–H and O–H groups in total. The van der Waals surface area contributed by atoms with E-state index in [-0.39, 0.29) is 18.8 Å². The molecule has 0 aliphatic heterocycles. The van der Waals surface area contributed by atoms with Crippen molar-refractivity contribution in [1.82, 2.24) is 20.6 Å². The lowest BCUT2D eigenvalue weighted by Gasteiger charge is -2.21. The van der Waals surface area contributed by atoms with Crippen LogP contribution in [-0.4, -0.2) is 57.0 Å². The molecule has 51 heavy (non-hydrogen) atoms. The van der Waals surface area contributed by atoms with E-state index in [1.165, 1.54) is 109 Å². The van der Waals surface area contributed by atoms with Gasteiger partial charge in [0.25, 0.3) is 0 Å². The maximum atomic E-state index is 13.0. The van der Waals surface area contributed by atoms with E-state index in [1.807, 2.05) is 0 Å². The predicted octanol–water partition coefficient (Wildman–Crippen LogP) is 9.22. The molecule has 1 aromatic rings. The van der Waals surface area contributed by atoms with Gasteiger partial charge in [-0.1, -0.05) is 143 Å². The maximum Gasteiger partial charge on any atom is 0.326 e. The van der Waals surface area contributed by atoms with Gasteiger partial charge in [0.1, 0.15) is 18.2 Å². The molecule has 10 heteroatoms. The number of H-pyrrole nitrogens is 1. The number of aromatic nitrogens is 2. The minimum absolute atomic E-state index is 0.0343. The third-order valence-corrected chi connectivity index (χ3v) is 9.55. The molecule has 1 unspecified atom stereocenters. The van der Waals surface area contributed by atoms with Crippen LogP contribution in [0.3, 0.4) is 0 Å². The Morgan fingerprint density at radius 3 is 1.61 bits per heavy atom. The molecule has 10 nitrogen and oxygen atoms in total. The van der Waals surface area contributed by atoms with Crippen molar-refractivity contribution in [3.63, 3.8) is 0 Å². The molecular formula is C41H74N4O6. The lowest BCUT2D eigenvalue weighted by molar-refractivity contribution is -0.151. The van der Waals surface area contributed by atoms with E-state index in [1.54, 1.807) is 0 Å². The van der Waals surface area contributed by atoms with Gasteiger partial charge in [0, 0.05) is 24.7 Å². The van der Waals surface area contributed by atoms with E-state index >= 15 is 0 Å². The van der Waals surface area contributed by atoms with Crippen molar-refractivity contribution >= 4 is 23.8 Å². The van der Waals surface area contributed by atoms with E-state index in [0.29, 0.717) is 18.5 Å². The second-order valence-corrected chi connectivity index (χ2v) is 15.6. The summed E-state index contributed by atoms with van der Waals surface area (Å²) >= 11 is 0. The van der Waals surface area contributed by atoms with Gasteiger partial charge >= 0.3 is 11.9 Å².